The molecule has 3 aromatic rings. The number of aryl methyl sites for hydroxylation is 1. The molecule has 2 amide bonds. The summed E-state index contributed by atoms with van der Waals surface area (Å²) in [6.07, 6.45) is 0. The number of aromatic nitrogens is 2. The van der Waals surface area contributed by atoms with Gasteiger partial charge in [0.15, 0.2) is 11.0 Å². The van der Waals surface area contributed by atoms with Gasteiger partial charge in [-0.2, -0.15) is 0 Å². The average Bonchev–Trinajstić information content (AvgIpc) is 2.73. The Hall–Kier alpha value is -3.66. The van der Waals surface area contributed by atoms with Gasteiger partial charge in [0.05, 0.1) is 5.75 Å². The van der Waals surface area contributed by atoms with Crippen LogP contribution in [0.1, 0.15) is 21.5 Å². The Morgan fingerprint density at radius 3 is 2.52 bits per heavy atom. The van der Waals surface area contributed by atoms with Gasteiger partial charge in [0, 0.05) is 11.3 Å². The lowest BCUT2D eigenvalue weighted by Crippen LogP contribution is -2.23. The van der Waals surface area contributed by atoms with Crippen LogP contribution < -0.4 is 21.9 Å². The quantitative estimate of drug-likeness (QED) is 0.344. The van der Waals surface area contributed by atoms with Crippen molar-refractivity contribution in [1.82, 2.24) is 9.97 Å². The Bertz CT molecular complexity index is 1190. The molecule has 0 aliphatic heterocycles. The SMILES string of the molecule is Cc1cccc(NC(=O)CSc2nc(N)c(NC(=O)c3ccc(F)cc3)c(=O)[nH]2)c1C. The van der Waals surface area contributed by atoms with Gasteiger partial charge in [-0.25, -0.2) is 9.37 Å². The number of carbonyl (C=O) groups excluding carboxylic acids is 2. The van der Waals surface area contributed by atoms with Crippen molar-refractivity contribution in [1.29, 1.82) is 0 Å². The number of carbonyl (C=O) groups is 2. The third-order valence-electron chi connectivity index (χ3n) is 4.49. The van der Waals surface area contributed by atoms with Crippen LogP contribution in [0.5, 0.6) is 0 Å². The van der Waals surface area contributed by atoms with Gasteiger partial charge >= 0.3 is 0 Å². The topological polar surface area (TPSA) is 130 Å². The molecule has 1 aromatic heterocycles. The van der Waals surface area contributed by atoms with Crippen LogP contribution in [-0.4, -0.2) is 27.5 Å². The predicted octanol–water partition coefficient (Wildman–Crippen LogP) is 3.09. The summed E-state index contributed by atoms with van der Waals surface area (Å²) in [6, 6.07) is 10.4. The van der Waals surface area contributed by atoms with Crippen LogP contribution in [0.2, 0.25) is 0 Å². The summed E-state index contributed by atoms with van der Waals surface area (Å²) >= 11 is 0.999. The third-order valence-corrected chi connectivity index (χ3v) is 5.36. The molecule has 160 valence electrons. The van der Waals surface area contributed by atoms with Crippen molar-refractivity contribution in [2.45, 2.75) is 19.0 Å². The largest absolute Gasteiger partial charge is 0.382 e. The molecule has 0 spiro atoms. The van der Waals surface area contributed by atoms with Crippen LogP contribution in [-0.2, 0) is 4.79 Å². The lowest BCUT2D eigenvalue weighted by atomic mass is 10.1. The van der Waals surface area contributed by atoms with Crippen molar-refractivity contribution in [3.8, 4) is 0 Å². The van der Waals surface area contributed by atoms with Crippen LogP contribution >= 0.6 is 11.8 Å². The van der Waals surface area contributed by atoms with Crippen molar-refractivity contribution in [3.05, 3.63) is 75.3 Å². The number of aromatic amines is 1. The van der Waals surface area contributed by atoms with Gasteiger partial charge in [0.1, 0.15) is 11.5 Å². The van der Waals surface area contributed by atoms with Crippen LogP contribution in [0.4, 0.5) is 21.6 Å². The van der Waals surface area contributed by atoms with Gasteiger partial charge in [0.2, 0.25) is 5.91 Å². The highest BCUT2D eigenvalue weighted by atomic mass is 32.2. The summed E-state index contributed by atoms with van der Waals surface area (Å²) < 4.78 is 13.0. The molecular weight excluding hydrogens is 421 g/mol. The zero-order valence-electron chi connectivity index (χ0n) is 16.8. The summed E-state index contributed by atoms with van der Waals surface area (Å²) in [7, 11) is 0. The van der Waals surface area contributed by atoms with E-state index in [1.807, 2.05) is 32.0 Å². The standard InChI is InChI=1S/C21H20FN5O3S/c1-11-4-3-5-15(12(11)2)24-16(28)10-31-21-26-18(23)17(20(30)27-21)25-19(29)13-6-8-14(22)9-7-13/h3-9H,10H2,1-2H3,(H,24,28)(H,25,29)(H3,23,26,27,30). The summed E-state index contributed by atoms with van der Waals surface area (Å²) in [5.74, 6) is -1.59. The summed E-state index contributed by atoms with van der Waals surface area (Å²) in [6.45, 7) is 3.87. The van der Waals surface area contributed by atoms with Gasteiger partial charge in [-0.1, -0.05) is 23.9 Å². The number of anilines is 3. The number of nitrogens with two attached hydrogens (primary N) is 1. The molecule has 5 N–H and O–H groups in total. The smallest absolute Gasteiger partial charge is 0.277 e. The number of halogens is 1. The molecule has 0 bridgehead atoms. The fraction of sp³-hybridized carbons (Fsp3) is 0.143. The number of nitrogens with one attached hydrogen (secondary N) is 3. The van der Waals surface area contributed by atoms with Crippen molar-refractivity contribution in [2.75, 3.05) is 22.1 Å². The number of nitrogen functional groups attached to an aromatic ring is 1. The maximum Gasteiger partial charge on any atom is 0.277 e. The van der Waals surface area contributed by atoms with E-state index in [4.69, 9.17) is 5.73 Å². The first-order chi connectivity index (χ1) is 14.7. The van der Waals surface area contributed by atoms with E-state index in [-0.39, 0.29) is 33.9 Å². The Morgan fingerprint density at radius 2 is 1.84 bits per heavy atom. The highest BCUT2D eigenvalue weighted by molar-refractivity contribution is 7.99. The van der Waals surface area contributed by atoms with E-state index in [9.17, 15) is 18.8 Å². The number of amides is 2. The normalized spacial score (nSPS) is 10.5. The van der Waals surface area contributed by atoms with Crippen molar-refractivity contribution in [3.63, 3.8) is 0 Å². The first-order valence-corrected chi connectivity index (χ1v) is 10.2. The molecule has 0 aliphatic rings. The Kier molecular flexibility index (Phi) is 6.71. The first kappa shape index (κ1) is 22.0. The fourth-order valence-electron chi connectivity index (χ4n) is 2.65. The molecule has 0 saturated carbocycles. The molecule has 0 saturated heterocycles. The number of nitrogens with zero attached hydrogens (tertiary/aromatic N) is 1. The highest BCUT2D eigenvalue weighted by Crippen LogP contribution is 2.20. The predicted molar refractivity (Wildman–Crippen MR) is 119 cm³/mol. The maximum absolute atomic E-state index is 13.0. The van der Waals surface area contributed by atoms with Gasteiger partial charge in [-0.05, 0) is 55.3 Å². The van der Waals surface area contributed by atoms with E-state index in [1.165, 1.54) is 12.1 Å². The van der Waals surface area contributed by atoms with E-state index in [0.717, 1.165) is 35.0 Å². The Balaban J connectivity index is 1.65. The van der Waals surface area contributed by atoms with E-state index in [0.29, 0.717) is 5.69 Å². The summed E-state index contributed by atoms with van der Waals surface area (Å²) in [4.78, 5) is 43.3. The second kappa shape index (κ2) is 9.43. The van der Waals surface area contributed by atoms with Crippen molar-refractivity contribution >= 4 is 40.8 Å². The van der Waals surface area contributed by atoms with Crippen LogP contribution in [0, 0.1) is 19.7 Å². The van der Waals surface area contributed by atoms with Gasteiger partial charge < -0.3 is 16.4 Å². The van der Waals surface area contributed by atoms with Gasteiger partial charge in [-0.15, -0.1) is 0 Å². The number of rotatable bonds is 6. The second-order valence-corrected chi connectivity index (χ2v) is 7.64. The minimum Gasteiger partial charge on any atom is -0.382 e. The number of benzene rings is 2. The van der Waals surface area contributed by atoms with Crippen LogP contribution in [0.25, 0.3) is 0 Å². The molecule has 0 unspecified atom stereocenters. The number of hydrogen-bond acceptors (Lipinski definition) is 6. The number of thioether (sulfide) groups is 1. The molecule has 0 radical (unpaired) electrons. The minimum atomic E-state index is -0.666. The first-order valence-electron chi connectivity index (χ1n) is 9.20. The van der Waals surface area contributed by atoms with Crippen LogP contribution in [0.15, 0.2) is 52.4 Å². The molecule has 2 aromatic carbocycles. The number of hydrogen-bond donors (Lipinski definition) is 4. The monoisotopic (exact) mass is 441 g/mol. The van der Waals surface area contributed by atoms with E-state index < -0.39 is 17.3 Å². The van der Waals surface area contributed by atoms with E-state index in [1.54, 1.807) is 0 Å². The molecule has 1 heterocycles. The van der Waals surface area contributed by atoms with E-state index in [2.05, 4.69) is 20.6 Å². The molecule has 31 heavy (non-hydrogen) atoms. The molecule has 3 rings (SSSR count). The molecule has 8 nitrogen and oxygen atoms in total. The van der Waals surface area contributed by atoms with Crippen molar-refractivity contribution < 1.29 is 14.0 Å². The molecule has 0 fully saturated rings. The molecule has 10 heteroatoms. The molecule has 0 atom stereocenters. The lowest BCUT2D eigenvalue weighted by molar-refractivity contribution is -0.113. The zero-order chi connectivity index (χ0) is 22.5. The Morgan fingerprint density at radius 1 is 1.13 bits per heavy atom. The summed E-state index contributed by atoms with van der Waals surface area (Å²) in [5.41, 5.74) is 7.83. The average molecular weight is 441 g/mol. The zero-order valence-corrected chi connectivity index (χ0v) is 17.6. The maximum atomic E-state index is 13.0. The molecule has 0 aliphatic carbocycles. The highest BCUT2D eigenvalue weighted by Gasteiger charge is 2.15. The molecular formula is C21H20FN5O3S. The van der Waals surface area contributed by atoms with Crippen LogP contribution in [0.3, 0.4) is 0 Å². The minimum absolute atomic E-state index is 0.00293. The lowest BCUT2D eigenvalue weighted by Gasteiger charge is -2.11. The Labute approximate surface area is 181 Å². The van der Waals surface area contributed by atoms with E-state index >= 15 is 0 Å². The second-order valence-electron chi connectivity index (χ2n) is 6.68. The van der Waals surface area contributed by atoms with Gasteiger partial charge in [-0.3, -0.25) is 19.4 Å². The van der Waals surface area contributed by atoms with Crippen molar-refractivity contribution in [2.24, 2.45) is 0 Å². The third kappa shape index (κ3) is 5.48. The fourth-order valence-corrected chi connectivity index (χ4v) is 3.32. The number of H-pyrrole nitrogens is 1. The summed E-state index contributed by atoms with van der Waals surface area (Å²) in [5, 5.41) is 5.32. The van der Waals surface area contributed by atoms with Gasteiger partial charge in [0.25, 0.3) is 11.5 Å².